The Bertz CT molecular complexity index is 6500. The van der Waals surface area contributed by atoms with Crippen LogP contribution in [0.3, 0.4) is 0 Å². The van der Waals surface area contributed by atoms with Gasteiger partial charge in [-0.1, -0.05) is 309 Å². The molecule has 0 saturated heterocycles. The van der Waals surface area contributed by atoms with Crippen molar-refractivity contribution in [1.29, 1.82) is 0 Å². The van der Waals surface area contributed by atoms with Crippen molar-refractivity contribution in [3.8, 4) is 33.6 Å². The highest BCUT2D eigenvalue weighted by Crippen LogP contribution is 2.41. The first-order chi connectivity index (χ1) is 54.0. The largest absolute Gasteiger partial charge is 0.456 e. The second-order valence-corrected chi connectivity index (χ2v) is 36.1. The van der Waals surface area contributed by atoms with Gasteiger partial charge >= 0.3 is 0 Å². The standard InChI is InChI=1S/C54H32N2O2.C48H36OSi2/c1-5-16-47-39(12-1)40-13-2-6-17-48(40)55(47)37-22-26-53-45(31-37)43-29-35(20-24-51(43)57-53)33-10-9-11-34(28-33)36-21-25-52-44(30-36)46-32-38(23-27-54(46)58-52)56-49-18-7-3-14-41(49)42-15-4-8-19-50(42)56;1-7-19-37(20-8-1)50(38-21-9-2-10-22-38,39-23-11-3-12-24-39)43-31-33-47-45(35-43)46-36-44(32-34-48(46)49-47)51(40-25-13-4-14-26-40,41-27-15-5-16-28-41)42-29-17-6-18-30-42/h1-32H;1-36H. The van der Waals surface area contributed by atoms with Gasteiger partial charge in [0.25, 0.3) is 0 Å². The van der Waals surface area contributed by atoms with Gasteiger partial charge in [0, 0.05) is 65.2 Å². The predicted octanol–water partition coefficient (Wildman–Crippen LogP) is 21.4. The van der Waals surface area contributed by atoms with Gasteiger partial charge in [-0.3, -0.25) is 0 Å². The molecule has 22 aromatic rings. The van der Waals surface area contributed by atoms with E-state index in [1.165, 1.54) is 85.1 Å². The van der Waals surface area contributed by atoms with Crippen molar-refractivity contribution in [3.05, 3.63) is 413 Å². The molecule has 0 radical (unpaired) electrons. The monoisotopic (exact) mass is 1420 g/mol. The second-order valence-electron chi connectivity index (χ2n) is 28.5. The molecule has 0 bridgehead atoms. The summed E-state index contributed by atoms with van der Waals surface area (Å²) in [6.07, 6.45) is 0. The van der Waals surface area contributed by atoms with E-state index in [4.69, 9.17) is 13.3 Å². The fourth-order valence-corrected chi connectivity index (χ4v) is 27.4. The molecule has 5 nitrogen and oxygen atoms in total. The van der Waals surface area contributed by atoms with Gasteiger partial charge in [-0.2, -0.15) is 0 Å². The summed E-state index contributed by atoms with van der Waals surface area (Å²) in [5.74, 6) is 0. The minimum atomic E-state index is -2.72. The first-order valence-corrected chi connectivity index (χ1v) is 41.3. The van der Waals surface area contributed by atoms with Crippen LogP contribution in [0.25, 0.3) is 143 Å². The molecule has 5 heterocycles. The topological polar surface area (TPSA) is 49.3 Å². The van der Waals surface area contributed by atoms with Crippen LogP contribution in [0.15, 0.2) is 426 Å². The fraction of sp³-hybridized carbons (Fsp3) is 0. The molecule has 0 unspecified atom stereocenters. The van der Waals surface area contributed by atoms with Gasteiger partial charge in [-0.05, 0) is 167 Å². The quantitative estimate of drug-likeness (QED) is 0.0905. The van der Waals surface area contributed by atoms with E-state index in [1.807, 2.05) is 0 Å². The summed E-state index contributed by atoms with van der Waals surface area (Å²) < 4.78 is 24.2. The van der Waals surface area contributed by atoms with E-state index in [-0.39, 0.29) is 0 Å². The molecule has 7 heteroatoms. The third-order valence-corrected chi connectivity index (χ3v) is 32.2. The van der Waals surface area contributed by atoms with Gasteiger partial charge in [0.2, 0.25) is 0 Å². The van der Waals surface area contributed by atoms with Crippen LogP contribution in [-0.4, -0.2) is 25.3 Å². The third-order valence-electron chi connectivity index (χ3n) is 22.7. The zero-order valence-electron chi connectivity index (χ0n) is 59.4. The number of rotatable bonds is 12. The lowest BCUT2D eigenvalue weighted by Gasteiger charge is -2.34. The van der Waals surface area contributed by atoms with Crippen molar-refractivity contribution in [1.82, 2.24) is 9.13 Å². The number of furan rings is 3. The molecule has 0 amide bonds. The number of fused-ring (bicyclic) bond motifs is 15. The number of benzene rings is 17. The van der Waals surface area contributed by atoms with Crippen molar-refractivity contribution in [2.24, 2.45) is 0 Å². The molecule has 5 aromatic heterocycles. The summed E-state index contributed by atoms with van der Waals surface area (Å²) in [7, 11) is -5.44. The molecule has 0 atom stereocenters. The smallest absolute Gasteiger partial charge is 0.179 e. The molecular weight excluding hydrogens is 1360 g/mol. The van der Waals surface area contributed by atoms with E-state index in [0.717, 1.165) is 99.4 Å². The van der Waals surface area contributed by atoms with E-state index in [1.54, 1.807) is 0 Å². The van der Waals surface area contributed by atoms with E-state index >= 15 is 0 Å². The van der Waals surface area contributed by atoms with Gasteiger partial charge < -0.3 is 22.4 Å². The summed E-state index contributed by atoms with van der Waals surface area (Å²) in [4.78, 5) is 0. The fourth-order valence-electron chi connectivity index (χ4n) is 17.8. The lowest BCUT2D eigenvalue weighted by molar-refractivity contribution is 0.668. The van der Waals surface area contributed by atoms with E-state index < -0.39 is 16.1 Å². The first-order valence-electron chi connectivity index (χ1n) is 37.3. The van der Waals surface area contributed by atoms with Crippen molar-refractivity contribution in [2.75, 3.05) is 0 Å². The molecule has 17 aromatic carbocycles. The van der Waals surface area contributed by atoms with Gasteiger partial charge in [-0.25, -0.2) is 0 Å². The van der Waals surface area contributed by atoms with Gasteiger partial charge in [0.05, 0.1) is 22.1 Å². The number of aromatic nitrogens is 2. The minimum Gasteiger partial charge on any atom is -0.456 e. The zero-order valence-corrected chi connectivity index (χ0v) is 61.4. The Morgan fingerprint density at radius 3 is 0.697 bits per heavy atom. The summed E-state index contributed by atoms with van der Waals surface area (Å²) >= 11 is 0. The highest BCUT2D eigenvalue weighted by Gasteiger charge is 2.43. The summed E-state index contributed by atoms with van der Waals surface area (Å²) in [6, 6.07) is 150. The molecule has 109 heavy (non-hydrogen) atoms. The van der Waals surface area contributed by atoms with Crippen LogP contribution in [0.4, 0.5) is 0 Å². The highest BCUT2D eigenvalue weighted by atomic mass is 28.3. The lowest BCUT2D eigenvalue weighted by Crippen LogP contribution is -2.74. The van der Waals surface area contributed by atoms with Gasteiger partial charge in [0.15, 0.2) is 16.1 Å². The van der Waals surface area contributed by atoms with Gasteiger partial charge in [-0.15, -0.1) is 0 Å². The van der Waals surface area contributed by atoms with Crippen molar-refractivity contribution >= 4 is 167 Å². The first kappa shape index (κ1) is 63.6. The van der Waals surface area contributed by atoms with Crippen LogP contribution < -0.4 is 41.5 Å². The number of hydrogen-bond donors (Lipinski definition) is 0. The molecular formula is C102H68N2O3Si2. The highest BCUT2D eigenvalue weighted by molar-refractivity contribution is 7.20. The predicted molar refractivity (Wildman–Crippen MR) is 462 cm³/mol. The normalized spacial score (nSPS) is 12.0. The maximum absolute atomic E-state index is 6.65. The molecule has 0 aliphatic heterocycles. The van der Waals surface area contributed by atoms with E-state index in [0.29, 0.717) is 0 Å². The molecule has 512 valence electrons. The summed E-state index contributed by atoms with van der Waals surface area (Å²) in [6.45, 7) is 0. The lowest BCUT2D eigenvalue weighted by atomic mass is 9.97. The zero-order chi connectivity index (χ0) is 72.0. The third kappa shape index (κ3) is 10.3. The number of para-hydroxylation sites is 4. The van der Waals surface area contributed by atoms with Crippen LogP contribution in [0, 0.1) is 0 Å². The van der Waals surface area contributed by atoms with Crippen molar-refractivity contribution in [3.63, 3.8) is 0 Å². The van der Waals surface area contributed by atoms with Crippen molar-refractivity contribution < 1.29 is 13.3 Å². The number of hydrogen-bond acceptors (Lipinski definition) is 3. The number of nitrogens with zero attached hydrogens (tertiary/aromatic N) is 2. The maximum Gasteiger partial charge on any atom is 0.179 e. The van der Waals surface area contributed by atoms with Crippen LogP contribution in [-0.2, 0) is 0 Å². The Hall–Kier alpha value is -13.8. The molecule has 0 aliphatic carbocycles. The molecule has 0 aliphatic rings. The Kier molecular flexibility index (Phi) is 15.2. The average Bonchev–Trinajstić information content (AvgIpc) is 1.66. The Morgan fingerprint density at radius 2 is 0.394 bits per heavy atom. The molecule has 22 rings (SSSR count). The Balaban J connectivity index is 0.000000140. The average molecular weight is 1430 g/mol. The molecule has 0 fully saturated rings. The van der Waals surface area contributed by atoms with Crippen LogP contribution >= 0.6 is 0 Å². The minimum absolute atomic E-state index is 0.881. The summed E-state index contributed by atoms with van der Waals surface area (Å²) in [5, 5.41) is 22.6. The summed E-state index contributed by atoms with van der Waals surface area (Å²) in [5.41, 5.74) is 16.9. The molecule has 0 N–H and O–H groups in total. The second kappa shape index (κ2) is 26.0. The van der Waals surface area contributed by atoms with Crippen molar-refractivity contribution in [2.45, 2.75) is 0 Å². The maximum atomic E-state index is 6.65. The SMILES string of the molecule is c1cc(-c2ccc3oc4ccc(-n5c6ccccc6c6ccccc65)cc4c3c2)cc(-c2ccc3oc4ccc(-n5c6ccccc6c6ccccc65)cc4c3c2)c1.c1ccc([Si](c2ccccc2)(c2ccccc2)c2ccc3oc4ccc([Si](c5ccccc5)(c5ccccc5)c5ccccc5)cc4c3c2)cc1. The Labute approximate surface area is 631 Å². The molecule has 0 spiro atoms. The van der Waals surface area contributed by atoms with Crippen LogP contribution in [0.1, 0.15) is 0 Å². The van der Waals surface area contributed by atoms with E-state index in [2.05, 4.69) is 422 Å². The van der Waals surface area contributed by atoms with Crippen LogP contribution in [0.5, 0.6) is 0 Å². The Morgan fingerprint density at radius 1 is 0.156 bits per heavy atom. The van der Waals surface area contributed by atoms with Gasteiger partial charge in [0.1, 0.15) is 33.5 Å². The van der Waals surface area contributed by atoms with E-state index in [9.17, 15) is 0 Å². The van der Waals surface area contributed by atoms with Crippen LogP contribution in [0.2, 0.25) is 0 Å². The molecule has 0 saturated carbocycles.